The van der Waals surface area contributed by atoms with Crippen molar-refractivity contribution in [1.29, 1.82) is 0 Å². The summed E-state index contributed by atoms with van der Waals surface area (Å²) >= 11 is 5.18. The SMILES string of the molecule is CCN(Cc1ccc(Br)s1)C(=O)CCC1CCNCC1. The van der Waals surface area contributed by atoms with Crippen molar-refractivity contribution < 1.29 is 4.79 Å². The van der Waals surface area contributed by atoms with Crippen LogP contribution in [0.4, 0.5) is 0 Å². The Bertz CT molecular complexity index is 429. The van der Waals surface area contributed by atoms with Crippen LogP contribution in [0.2, 0.25) is 0 Å². The fourth-order valence-electron chi connectivity index (χ4n) is 2.66. The van der Waals surface area contributed by atoms with Gasteiger partial charge in [0.15, 0.2) is 0 Å². The normalized spacial score (nSPS) is 16.3. The topological polar surface area (TPSA) is 32.3 Å². The molecule has 1 N–H and O–H groups in total. The van der Waals surface area contributed by atoms with E-state index in [1.54, 1.807) is 11.3 Å². The highest BCUT2D eigenvalue weighted by atomic mass is 79.9. The molecule has 5 heteroatoms. The summed E-state index contributed by atoms with van der Waals surface area (Å²) in [7, 11) is 0. The highest BCUT2D eigenvalue weighted by Crippen LogP contribution is 2.24. The molecule has 0 aromatic carbocycles. The fraction of sp³-hybridized carbons (Fsp3) is 0.667. The van der Waals surface area contributed by atoms with Crippen molar-refractivity contribution in [2.75, 3.05) is 19.6 Å². The molecule has 1 aliphatic heterocycles. The summed E-state index contributed by atoms with van der Waals surface area (Å²) in [6, 6.07) is 4.14. The number of piperidine rings is 1. The van der Waals surface area contributed by atoms with E-state index in [0.717, 1.165) is 42.3 Å². The minimum atomic E-state index is 0.301. The molecule has 1 aromatic heterocycles. The van der Waals surface area contributed by atoms with Crippen molar-refractivity contribution >= 4 is 33.2 Å². The summed E-state index contributed by atoms with van der Waals surface area (Å²) in [5.74, 6) is 1.03. The molecule has 1 aliphatic rings. The first-order valence-corrected chi connectivity index (χ1v) is 9.02. The molecule has 1 fully saturated rings. The molecule has 0 atom stereocenters. The molecule has 112 valence electrons. The Labute approximate surface area is 133 Å². The molecule has 0 unspecified atom stereocenters. The predicted molar refractivity (Wildman–Crippen MR) is 87.9 cm³/mol. The van der Waals surface area contributed by atoms with Crippen LogP contribution in [0, 0.1) is 5.92 Å². The van der Waals surface area contributed by atoms with Gasteiger partial charge in [-0.3, -0.25) is 4.79 Å². The van der Waals surface area contributed by atoms with Crippen molar-refractivity contribution in [3.63, 3.8) is 0 Å². The van der Waals surface area contributed by atoms with E-state index in [1.165, 1.54) is 17.7 Å². The minimum absolute atomic E-state index is 0.301. The number of hydrogen-bond donors (Lipinski definition) is 1. The lowest BCUT2D eigenvalue weighted by Gasteiger charge is -2.24. The third kappa shape index (κ3) is 4.86. The second-order valence-electron chi connectivity index (χ2n) is 5.35. The number of carbonyl (C=O) groups excluding carboxylic acids is 1. The average molecular weight is 359 g/mol. The number of nitrogens with zero attached hydrogens (tertiary/aromatic N) is 1. The molecule has 0 bridgehead atoms. The summed E-state index contributed by atoms with van der Waals surface area (Å²) < 4.78 is 1.13. The summed E-state index contributed by atoms with van der Waals surface area (Å²) in [4.78, 5) is 15.5. The first kappa shape index (κ1) is 16.0. The predicted octanol–water partition coefficient (Wildman–Crippen LogP) is 3.64. The highest BCUT2D eigenvalue weighted by molar-refractivity contribution is 9.11. The van der Waals surface area contributed by atoms with Gasteiger partial charge in [0, 0.05) is 17.8 Å². The van der Waals surface area contributed by atoms with E-state index in [2.05, 4.69) is 34.2 Å². The van der Waals surface area contributed by atoms with E-state index in [-0.39, 0.29) is 0 Å². The minimum Gasteiger partial charge on any atom is -0.338 e. The van der Waals surface area contributed by atoms with Crippen molar-refractivity contribution in [2.45, 2.75) is 39.2 Å². The number of nitrogens with one attached hydrogen (secondary N) is 1. The first-order valence-electron chi connectivity index (χ1n) is 7.41. The van der Waals surface area contributed by atoms with E-state index >= 15 is 0 Å². The van der Waals surface area contributed by atoms with Gasteiger partial charge in [0.1, 0.15) is 0 Å². The zero-order valence-electron chi connectivity index (χ0n) is 12.0. The van der Waals surface area contributed by atoms with Gasteiger partial charge in [-0.05, 0) is 73.3 Å². The Hall–Kier alpha value is -0.390. The van der Waals surface area contributed by atoms with Gasteiger partial charge in [-0.1, -0.05) is 0 Å². The van der Waals surface area contributed by atoms with Gasteiger partial charge in [-0.2, -0.15) is 0 Å². The summed E-state index contributed by atoms with van der Waals surface area (Å²) in [6.07, 6.45) is 4.19. The molecule has 1 amide bonds. The van der Waals surface area contributed by atoms with Crippen LogP contribution in [0.3, 0.4) is 0 Å². The third-order valence-corrected chi connectivity index (χ3v) is 5.54. The standard InChI is InChI=1S/C15H23BrN2OS/c1-2-18(11-13-4-5-14(16)20-13)15(19)6-3-12-7-9-17-10-8-12/h4-5,12,17H,2-3,6-11H2,1H3. The summed E-state index contributed by atoms with van der Waals surface area (Å²) in [5, 5.41) is 3.37. The number of halogens is 1. The third-order valence-electron chi connectivity index (χ3n) is 3.94. The average Bonchev–Trinajstić information content (AvgIpc) is 2.88. The molecule has 2 rings (SSSR count). The van der Waals surface area contributed by atoms with Crippen molar-refractivity contribution in [3.05, 3.63) is 20.8 Å². The van der Waals surface area contributed by atoms with Crippen LogP contribution < -0.4 is 5.32 Å². The lowest BCUT2D eigenvalue weighted by Crippen LogP contribution is -2.32. The number of rotatable bonds is 6. The van der Waals surface area contributed by atoms with E-state index in [4.69, 9.17) is 0 Å². The Morgan fingerprint density at radius 1 is 1.45 bits per heavy atom. The lowest BCUT2D eigenvalue weighted by atomic mass is 9.93. The van der Waals surface area contributed by atoms with Gasteiger partial charge in [-0.15, -0.1) is 11.3 Å². The van der Waals surface area contributed by atoms with Crippen LogP contribution in [0.25, 0.3) is 0 Å². The molecular formula is C15H23BrN2OS. The molecule has 1 aromatic rings. The fourth-order valence-corrected chi connectivity index (χ4v) is 4.16. The number of hydrogen-bond acceptors (Lipinski definition) is 3. The van der Waals surface area contributed by atoms with Gasteiger partial charge in [0.05, 0.1) is 10.3 Å². The van der Waals surface area contributed by atoms with Crippen LogP contribution >= 0.6 is 27.3 Å². The summed E-state index contributed by atoms with van der Waals surface area (Å²) in [6.45, 7) is 5.82. The van der Waals surface area contributed by atoms with Crippen molar-refractivity contribution in [1.82, 2.24) is 10.2 Å². The lowest BCUT2D eigenvalue weighted by molar-refractivity contribution is -0.131. The van der Waals surface area contributed by atoms with Gasteiger partial charge in [0.2, 0.25) is 5.91 Å². The molecule has 3 nitrogen and oxygen atoms in total. The maximum absolute atomic E-state index is 12.3. The van der Waals surface area contributed by atoms with Gasteiger partial charge >= 0.3 is 0 Å². The second-order valence-corrected chi connectivity index (χ2v) is 7.89. The quantitative estimate of drug-likeness (QED) is 0.841. The van der Waals surface area contributed by atoms with Crippen LogP contribution in [-0.2, 0) is 11.3 Å². The zero-order valence-corrected chi connectivity index (χ0v) is 14.4. The van der Waals surface area contributed by atoms with Crippen molar-refractivity contribution in [2.24, 2.45) is 5.92 Å². The number of carbonyl (C=O) groups is 1. The van der Waals surface area contributed by atoms with Gasteiger partial charge in [0.25, 0.3) is 0 Å². The Kier molecular flexibility index (Phi) is 6.52. The molecule has 20 heavy (non-hydrogen) atoms. The highest BCUT2D eigenvalue weighted by Gasteiger charge is 2.17. The summed E-state index contributed by atoms with van der Waals surface area (Å²) in [5.41, 5.74) is 0. The van der Waals surface area contributed by atoms with E-state index in [1.807, 2.05) is 11.0 Å². The van der Waals surface area contributed by atoms with E-state index in [9.17, 15) is 4.79 Å². The zero-order chi connectivity index (χ0) is 14.4. The van der Waals surface area contributed by atoms with E-state index < -0.39 is 0 Å². The van der Waals surface area contributed by atoms with Crippen LogP contribution in [0.15, 0.2) is 15.9 Å². The molecule has 0 radical (unpaired) electrons. The Balaban J connectivity index is 1.79. The molecular weight excluding hydrogens is 336 g/mol. The smallest absolute Gasteiger partial charge is 0.222 e. The Morgan fingerprint density at radius 3 is 2.80 bits per heavy atom. The molecule has 0 aliphatic carbocycles. The van der Waals surface area contributed by atoms with Crippen molar-refractivity contribution in [3.8, 4) is 0 Å². The monoisotopic (exact) mass is 358 g/mol. The second kappa shape index (κ2) is 8.15. The maximum Gasteiger partial charge on any atom is 0.222 e. The molecule has 0 saturated carbocycles. The molecule has 2 heterocycles. The van der Waals surface area contributed by atoms with Gasteiger partial charge in [-0.25, -0.2) is 0 Å². The maximum atomic E-state index is 12.3. The number of amides is 1. The van der Waals surface area contributed by atoms with E-state index in [0.29, 0.717) is 12.3 Å². The van der Waals surface area contributed by atoms with Crippen LogP contribution in [0.5, 0.6) is 0 Å². The van der Waals surface area contributed by atoms with Gasteiger partial charge < -0.3 is 10.2 Å². The van der Waals surface area contributed by atoms with Crippen LogP contribution in [0.1, 0.15) is 37.5 Å². The van der Waals surface area contributed by atoms with Crippen LogP contribution in [-0.4, -0.2) is 30.4 Å². The number of thiophene rings is 1. The molecule has 1 saturated heterocycles. The first-order chi connectivity index (χ1) is 9.69. The largest absolute Gasteiger partial charge is 0.338 e. The molecule has 0 spiro atoms. The Morgan fingerprint density at radius 2 is 2.20 bits per heavy atom.